The first kappa shape index (κ1) is 20.1. The quantitative estimate of drug-likeness (QED) is 0.720. The summed E-state index contributed by atoms with van der Waals surface area (Å²) in [4.78, 5) is 26.2. The zero-order valence-corrected chi connectivity index (χ0v) is 15.4. The summed E-state index contributed by atoms with van der Waals surface area (Å²) in [5.74, 6) is -0.0151. The first-order valence-electron chi connectivity index (χ1n) is 8.66. The maximum Gasteiger partial charge on any atom is 0.387 e. The monoisotopic (exact) mass is 401 g/mol. The molecule has 1 saturated heterocycles. The molecule has 0 radical (unpaired) electrons. The largest absolute Gasteiger partial charge is 0.492 e. The Kier molecular flexibility index (Phi) is 5.64. The van der Waals surface area contributed by atoms with E-state index in [0.717, 1.165) is 4.90 Å². The summed E-state index contributed by atoms with van der Waals surface area (Å²) in [5.41, 5.74) is -0.394. The van der Waals surface area contributed by atoms with E-state index in [2.05, 4.69) is 10.1 Å². The van der Waals surface area contributed by atoms with Gasteiger partial charge in [-0.15, -0.1) is 0 Å². The third kappa shape index (κ3) is 4.27. The molecule has 1 atom stereocenters. The van der Waals surface area contributed by atoms with Gasteiger partial charge in [-0.25, -0.2) is 4.79 Å². The lowest BCUT2D eigenvalue weighted by atomic mass is 9.92. The average molecular weight is 401 g/mol. The van der Waals surface area contributed by atoms with E-state index in [-0.39, 0.29) is 18.9 Å². The number of carbonyl (C=O) groups is 2. The van der Waals surface area contributed by atoms with Crippen LogP contribution < -0.4 is 14.8 Å². The van der Waals surface area contributed by atoms with Gasteiger partial charge in [0.15, 0.2) is 0 Å². The highest BCUT2D eigenvalue weighted by atomic mass is 19.3. The maximum atomic E-state index is 12.8. The highest BCUT2D eigenvalue weighted by molar-refractivity contribution is 6.07. The number of rotatable bonds is 7. The van der Waals surface area contributed by atoms with E-state index in [0.29, 0.717) is 16.9 Å². The number of imide groups is 1. The lowest BCUT2D eigenvalue weighted by Gasteiger charge is -2.22. The van der Waals surface area contributed by atoms with Crippen molar-refractivity contribution in [1.29, 1.82) is 5.26 Å². The molecule has 1 aliphatic rings. The number of hydrogen-bond donors (Lipinski definition) is 1. The number of alkyl halides is 2. The van der Waals surface area contributed by atoms with Crippen LogP contribution in [0.2, 0.25) is 0 Å². The number of nitriles is 1. The van der Waals surface area contributed by atoms with Crippen molar-refractivity contribution in [3.63, 3.8) is 0 Å². The van der Waals surface area contributed by atoms with Gasteiger partial charge in [-0.05, 0) is 48.9 Å². The van der Waals surface area contributed by atoms with Gasteiger partial charge in [-0.1, -0.05) is 12.1 Å². The maximum absolute atomic E-state index is 12.8. The van der Waals surface area contributed by atoms with Gasteiger partial charge in [0.2, 0.25) is 0 Å². The fourth-order valence-electron chi connectivity index (χ4n) is 2.95. The molecule has 0 spiro atoms. The molecule has 2 aromatic carbocycles. The van der Waals surface area contributed by atoms with Crippen LogP contribution in [0.1, 0.15) is 18.1 Å². The zero-order chi connectivity index (χ0) is 21.0. The van der Waals surface area contributed by atoms with E-state index >= 15 is 0 Å². The second kappa shape index (κ2) is 8.14. The first-order chi connectivity index (χ1) is 13.8. The Balaban J connectivity index is 1.64. The number of benzene rings is 2. The molecule has 1 aliphatic heterocycles. The molecule has 1 heterocycles. The standard InChI is InChI=1S/C20H17F2N3O4/c1-20(14-4-8-16(9-5-14)29-18(21)22)17(26)25(19(27)24-20)10-11-28-15-6-2-13(12-23)3-7-15/h2-9,18H,10-11H2,1H3,(H,24,27)/t20-/m1/s1. The highest BCUT2D eigenvalue weighted by Crippen LogP contribution is 2.30. The SMILES string of the molecule is C[C@]1(c2ccc(OC(F)F)cc2)NC(=O)N(CCOc2ccc(C#N)cc2)C1=O. The van der Waals surface area contributed by atoms with E-state index in [9.17, 15) is 18.4 Å². The van der Waals surface area contributed by atoms with Crippen LogP contribution in [0.25, 0.3) is 0 Å². The Morgan fingerprint density at radius 3 is 2.31 bits per heavy atom. The lowest BCUT2D eigenvalue weighted by molar-refractivity contribution is -0.131. The number of urea groups is 1. The van der Waals surface area contributed by atoms with E-state index in [4.69, 9.17) is 10.00 Å². The van der Waals surface area contributed by atoms with Crippen molar-refractivity contribution in [2.75, 3.05) is 13.2 Å². The summed E-state index contributed by atoms with van der Waals surface area (Å²) in [6, 6.07) is 13.4. The van der Waals surface area contributed by atoms with Gasteiger partial charge in [-0.2, -0.15) is 14.0 Å². The summed E-state index contributed by atoms with van der Waals surface area (Å²) in [6.45, 7) is -1.32. The number of halogens is 2. The minimum absolute atomic E-state index is 0.0207. The predicted molar refractivity (Wildman–Crippen MR) is 97.3 cm³/mol. The smallest absolute Gasteiger partial charge is 0.387 e. The molecular formula is C20H17F2N3O4. The molecular weight excluding hydrogens is 384 g/mol. The predicted octanol–water partition coefficient (Wildman–Crippen LogP) is 3.01. The normalized spacial score (nSPS) is 18.5. The van der Waals surface area contributed by atoms with Gasteiger partial charge in [0.25, 0.3) is 5.91 Å². The van der Waals surface area contributed by atoms with E-state index < -0.39 is 24.1 Å². The molecule has 0 bridgehead atoms. The van der Waals surface area contributed by atoms with E-state index in [1.165, 1.54) is 31.2 Å². The number of ether oxygens (including phenoxy) is 2. The van der Waals surface area contributed by atoms with Crippen LogP contribution in [0.5, 0.6) is 11.5 Å². The van der Waals surface area contributed by atoms with Crippen LogP contribution in [-0.4, -0.2) is 36.6 Å². The molecule has 1 N–H and O–H groups in total. The van der Waals surface area contributed by atoms with Gasteiger partial charge < -0.3 is 14.8 Å². The summed E-state index contributed by atoms with van der Waals surface area (Å²) < 4.78 is 34.4. The third-order valence-electron chi connectivity index (χ3n) is 4.50. The number of nitrogens with one attached hydrogen (secondary N) is 1. The van der Waals surface area contributed by atoms with Crippen molar-refractivity contribution in [3.8, 4) is 17.6 Å². The number of nitrogens with zero attached hydrogens (tertiary/aromatic N) is 2. The highest BCUT2D eigenvalue weighted by Gasteiger charge is 2.48. The Morgan fingerprint density at radius 1 is 1.10 bits per heavy atom. The van der Waals surface area contributed by atoms with Crippen LogP contribution in [0.15, 0.2) is 48.5 Å². The Bertz CT molecular complexity index is 942. The molecule has 9 heteroatoms. The van der Waals surface area contributed by atoms with Gasteiger partial charge in [0, 0.05) is 0 Å². The van der Waals surface area contributed by atoms with Crippen LogP contribution in [0.3, 0.4) is 0 Å². The summed E-state index contributed by atoms with van der Waals surface area (Å²) >= 11 is 0. The third-order valence-corrected chi connectivity index (χ3v) is 4.50. The Hall–Kier alpha value is -3.67. The first-order valence-corrected chi connectivity index (χ1v) is 8.66. The van der Waals surface area contributed by atoms with Crippen LogP contribution in [0, 0.1) is 11.3 Å². The second-order valence-corrected chi connectivity index (χ2v) is 6.40. The number of carbonyl (C=O) groups excluding carboxylic acids is 2. The topological polar surface area (TPSA) is 91.7 Å². The molecule has 7 nitrogen and oxygen atoms in total. The van der Waals surface area contributed by atoms with Crippen molar-refractivity contribution in [2.24, 2.45) is 0 Å². The lowest BCUT2D eigenvalue weighted by Crippen LogP contribution is -2.41. The number of amides is 3. The van der Waals surface area contributed by atoms with Crippen LogP contribution in [-0.2, 0) is 10.3 Å². The van der Waals surface area contributed by atoms with Crippen molar-refractivity contribution in [2.45, 2.75) is 19.1 Å². The van der Waals surface area contributed by atoms with Crippen molar-refractivity contribution < 1.29 is 27.8 Å². The minimum Gasteiger partial charge on any atom is -0.492 e. The van der Waals surface area contributed by atoms with Crippen LogP contribution in [0.4, 0.5) is 13.6 Å². The minimum atomic E-state index is -2.95. The van der Waals surface area contributed by atoms with Crippen molar-refractivity contribution >= 4 is 11.9 Å². The molecule has 150 valence electrons. The Morgan fingerprint density at radius 2 is 1.72 bits per heavy atom. The Labute approximate surface area is 165 Å². The molecule has 1 fully saturated rings. The van der Waals surface area contributed by atoms with Gasteiger partial charge in [0.1, 0.15) is 23.6 Å². The second-order valence-electron chi connectivity index (χ2n) is 6.40. The summed E-state index contributed by atoms with van der Waals surface area (Å²) in [6.07, 6.45) is 0. The van der Waals surface area contributed by atoms with Gasteiger partial charge in [0.05, 0.1) is 18.2 Å². The van der Waals surface area contributed by atoms with E-state index in [1.807, 2.05) is 6.07 Å². The van der Waals surface area contributed by atoms with Crippen molar-refractivity contribution in [1.82, 2.24) is 10.2 Å². The molecule has 2 aromatic rings. The van der Waals surface area contributed by atoms with Crippen LogP contribution >= 0.6 is 0 Å². The molecule has 0 aromatic heterocycles. The zero-order valence-electron chi connectivity index (χ0n) is 15.4. The molecule has 3 rings (SSSR count). The average Bonchev–Trinajstić information content (AvgIpc) is 2.92. The van der Waals surface area contributed by atoms with E-state index in [1.54, 1.807) is 24.3 Å². The van der Waals surface area contributed by atoms with Gasteiger partial charge in [-0.3, -0.25) is 9.69 Å². The van der Waals surface area contributed by atoms with Crippen molar-refractivity contribution in [3.05, 3.63) is 59.7 Å². The molecule has 0 unspecified atom stereocenters. The fourth-order valence-corrected chi connectivity index (χ4v) is 2.95. The number of hydrogen-bond acceptors (Lipinski definition) is 5. The fraction of sp³-hybridized carbons (Fsp3) is 0.250. The molecule has 29 heavy (non-hydrogen) atoms. The molecule has 0 saturated carbocycles. The van der Waals surface area contributed by atoms with Gasteiger partial charge >= 0.3 is 12.6 Å². The summed E-state index contributed by atoms with van der Waals surface area (Å²) in [7, 11) is 0. The summed E-state index contributed by atoms with van der Waals surface area (Å²) in [5, 5.41) is 11.4. The molecule has 0 aliphatic carbocycles. The molecule has 3 amide bonds.